The molecule has 1 fully saturated rings. The maximum atomic E-state index is 6.25. The molecule has 146 valence electrons. The first-order valence-corrected chi connectivity index (χ1v) is 9.45. The SMILES string of the molecule is Nc1ccc(N2CCN(c3nc(N)c4ccn(-c5ccncc5)c4n3)CC2)nc1. The largest absolute Gasteiger partial charge is 0.397 e. The van der Waals surface area contributed by atoms with Crippen LogP contribution in [0.5, 0.6) is 0 Å². The molecule has 1 aliphatic heterocycles. The zero-order valence-electron chi connectivity index (χ0n) is 15.8. The molecule has 0 bridgehead atoms. The van der Waals surface area contributed by atoms with Crippen molar-refractivity contribution in [3.05, 3.63) is 55.1 Å². The first-order chi connectivity index (χ1) is 14.2. The number of aromatic nitrogens is 5. The molecule has 5 rings (SSSR count). The number of fused-ring (bicyclic) bond motifs is 1. The van der Waals surface area contributed by atoms with Gasteiger partial charge in [0.15, 0.2) is 5.65 Å². The van der Waals surface area contributed by atoms with Gasteiger partial charge in [-0.05, 0) is 30.3 Å². The Hall–Kier alpha value is -3.88. The molecule has 1 saturated heterocycles. The van der Waals surface area contributed by atoms with Crippen molar-refractivity contribution in [1.29, 1.82) is 0 Å². The molecule has 9 heteroatoms. The van der Waals surface area contributed by atoms with Crippen molar-refractivity contribution in [3.63, 3.8) is 0 Å². The van der Waals surface area contributed by atoms with Gasteiger partial charge in [0, 0.05) is 44.8 Å². The Morgan fingerprint density at radius 2 is 1.59 bits per heavy atom. The smallest absolute Gasteiger partial charge is 0.229 e. The van der Waals surface area contributed by atoms with Gasteiger partial charge < -0.3 is 25.8 Å². The molecule has 4 aromatic rings. The first kappa shape index (κ1) is 17.2. The molecule has 0 radical (unpaired) electrons. The fourth-order valence-electron chi connectivity index (χ4n) is 3.60. The molecule has 1 aliphatic rings. The molecule has 0 aliphatic carbocycles. The molecule has 0 atom stereocenters. The lowest BCUT2D eigenvalue weighted by Gasteiger charge is -2.35. The highest BCUT2D eigenvalue weighted by atomic mass is 15.3. The molecule has 0 unspecified atom stereocenters. The lowest BCUT2D eigenvalue weighted by atomic mass is 10.3. The van der Waals surface area contributed by atoms with E-state index in [-0.39, 0.29) is 0 Å². The van der Waals surface area contributed by atoms with Crippen LogP contribution in [0.15, 0.2) is 55.1 Å². The van der Waals surface area contributed by atoms with Crippen molar-refractivity contribution in [2.24, 2.45) is 0 Å². The molecule has 0 amide bonds. The van der Waals surface area contributed by atoms with E-state index in [1.165, 1.54) is 0 Å². The van der Waals surface area contributed by atoms with E-state index in [2.05, 4.69) is 24.8 Å². The number of pyridine rings is 2. The number of piperazine rings is 1. The predicted molar refractivity (Wildman–Crippen MR) is 114 cm³/mol. The Labute approximate surface area is 167 Å². The summed E-state index contributed by atoms with van der Waals surface area (Å²) in [6.45, 7) is 3.22. The van der Waals surface area contributed by atoms with Gasteiger partial charge in [0.05, 0.1) is 23.0 Å². The number of nitrogens with zero attached hydrogens (tertiary/aromatic N) is 7. The third kappa shape index (κ3) is 3.16. The van der Waals surface area contributed by atoms with Crippen LogP contribution in [0.25, 0.3) is 16.7 Å². The van der Waals surface area contributed by atoms with Crippen molar-refractivity contribution in [1.82, 2.24) is 24.5 Å². The lowest BCUT2D eigenvalue weighted by molar-refractivity contribution is 0.636. The molecule has 5 heterocycles. The lowest BCUT2D eigenvalue weighted by Crippen LogP contribution is -2.47. The van der Waals surface area contributed by atoms with Gasteiger partial charge in [-0.1, -0.05) is 0 Å². The van der Waals surface area contributed by atoms with Crippen molar-refractivity contribution < 1.29 is 0 Å². The van der Waals surface area contributed by atoms with Crippen LogP contribution in [0.1, 0.15) is 0 Å². The average Bonchev–Trinajstić information content (AvgIpc) is 3.20. The van der Waals surface area contributed by atoms with Crippen LogP contribution in [-0.4, -0.2) is 50.7 Å². The minimum absolute atomic E-state index is 0.487. The number of rotatable bonds is 3. The summed E-state index contributed by atoms with van der Waals surface area (Å²) in [6.07, 6.45) is 7.17. The summed E-state index contributed by atoms with van der Waals surface area (Å²) in [7, 11) is 0. The number of nitrogen functional groups attached to an aromatic ring is 2. The van der Waals surface area contributed by atoms with E-state index in [0.29, 0.717) is 17.5 Å². The van der Waals surface area contributed by atoms with E-state index in [1.807, 2.05) is 41.1 Å². The molecule has 9 nitrogen and oxygen atoms in total. The van der Waals surface area contributed by atoms with Gasteiger partial charge in [0.25, 0.3) is 0 Å². The highest BCUT2D eigenvalue weighted by Gasteiger charge is 2.22. The number of anilines is 4. The molecular formula is C20H21N9. The Balaban J connectivity index is 1.42. The van der Waals surface area contributed by atoms with Crippen molar-refractivity contribution in [2.75, 3.05) is 47.4 Å². The van der Waals surface area contributed by atoms with Crippen LogP contribution in [0.3, 0.4) is 0 Å². The normalized spacial score (nSPS) is 14.5. The molecule has 29 heavy (non-hydrogen) atoms. The molecule has 4 aromatic heterocycles. The van der Waals surface area contributed by atoms with E-state index in [4.69, 9.17) is 16.5 Å². The topological polar surface area (TPSA) is 115 Å². The standard InChI is InChI=1S/C20H21N9/c21-14-1-2-17(24-13-14)27-9-11-28(12-10-27)20-25-18(22)16-5-8-29(19(16)26-20)15-3-6-23-7-4-15/h1-8,13H,9-12,21H2,(H2,22,25,26). The summed E-state index contributed by atoms with van der Waals surface area (Å²) in [4.78, 5) is 22.3. The van der Waals surface area contributed by atoms with E-state index >= 15 is 0 Å². The molecule has 4 N–H and O–H groups in total. The average molecular weight is 387 g/mol. The van der Waals surface area contributed by atoms with Gasteiger partial charge in [-0.3, -0.25) is 4.98 Å². The third-order valence-corrected chi connectivity index (χ3v) is 5.16. The second-order valence-corrected chi connectivity index (χ2v) is 6.96. The van der Waals surface area contributed by atoms with Crippen LogP contribution in [0, 0.1) is 0 Å². The first-order valence-electron chi connectivity index (χ1n) is 9.45. The van der Waals surface area contributed by atoms with Crippen molar-refractivity contribution in [3.8, 4) is 5.69 Å². The summed E-state index contributed by atoms with van der Waals surface area (Å²) in [5, 5.41) is 0.843. The van der Waals surface area contributed by atoms with Gasteiger partial charge in [-0.2, -0.15) is 9.97 Å². The third-order valence-electron chi connectivity index (χ3n) is 5.16. The quantitative estimate of drug-likeness (QED) is 0.546. The van der Waals surface area contributed by atoms with E-state index in [1.54, 1.807) is 18.6 Å². The van der Waals surface area contributed by atoms with Crippen LogP contribution in [0.2, 0.25) is 0 Å². The number of hydrogen-bond donors (Lipinski definition) is 2. The molecular weight excluding hydrogens is 366 g/mol. The van der Waals surface area contributed by atoms with Gasteiger partial charge in [0.2, 0.25) is 5.95 Å². The molecule has 0 aromatic carbocycles. The van der Waals surface area contributed by atoms with Crippen LogP contribution in [0.4, 0.5) is 23.3 Å². The second kappa shape index (κ2) is 6.93. The Morgan fingerprint density at radius 1 is 0.828 bits per heavy atom. The van der Waals surface area contributed by atoms with Crippen molar-refractivity contribution >= 4 is 34.3 Å². The minimum atomic E-state index is 0.487. The minimum Gasteiger partial charge on any atom is -0.397 e. The van der Waals surface area contributed by atoms with Gasteiger partial charge in [-0.25, -0.2) is 4.98 Å². The maximum absolute atomic E-state index is 6.25. The molecule has 0 saturated carbocycles. The number of nitrogens with two attached hydrogens (primary N) is 2. The van der Waals surface area contributed by atoms with Crippen molar-refractivity contribution in [2.45, 2.75) is 0 Å². The summed E-state index contributed by atoms with van der Waals surface area (Å²) >= 11 is 0. The monoisotopic (exact) mass is 387 g/mol. The zero-order valence-corrected chi connectivity index (χ0v) is 15.8. The van der Waals surface area contributed by atoms with Crippen LogP contribution < -0.4 is 21.3 Å². The highest BCUT2D eigenvalue weighted by Crippen LogP contribution is 2.26. The summed E-state index contributed by atoms with van der Waals surface area (Å²) in [5.41, 5.74) is 14.4. The van der Waals surface area contributed by atoms with Gasteiger partial charge >= 0.3 is 0 Å². The number of hydrogen-bond acceptors (Lipinski definition) is 8. The van der Waals surface area contributed by atoms with E-state index in [0.717, 1.165) is 48.7 Å². The van der Waals surface area contributed by atoms with E-state index in [9.17, 15) is 0 Å². The van der Waals surface area contributed by atoms with Gasteiger partial charge in [0.1, 0.15) is 11.6 Å². The Morgan fingerprint density at radius 3 is 2.31 bits per heavy atom. The van der Waals surface area contributed by atoms with Crippen LogP contribution in [-0.2, 0) is 0 Å². The van der Waals surface area contributed by atoms with Crippen LogP contribution >= 0.6 is 0 Å². The predicted octanol–water partition coefficient (Wildman–Crippen LogP) is 1.70. The van der Waals surface area contributed by atoms with E-state index < -0.39 is 0 Å². The fraction of sp³-hybridized carbons (Fsp3) is 0.200. The summed E-state index contributed by atoms with van der Waals surface area (Å²) in [6, 6.07) is 9.65. The Kier molecular flexibility index (Phi) is 4.12. The zero-order chi connectivity index (χ0) is 19.8. The highest BCUT2D eigenvalue weighted by molar-refractivity contribution is 5.88. The second-order valence-electron chi connectivity index (χ2n) is 6.96. The molecule has 0 spiro atoms. The Bertz CT molecular complexity index is 1130. The maximum Gasteiger partial charge on any atom is 0.229 e. The summed E-state index contributed by atoms with van der Waals surface area (Å²) < 4.78 is 2.01. The van der Waals surface area contributed by atoms with Gasteiger partial charge in [-0.15, -0.1) is 0 Å². The fourth-order valence-corrected chi connectivity index (χ4v) is 3.60. The summed E-state index contributed by atoms with van der Waals surface area (Å²) in [5.74, 6) is 2.07.